The van der Waals surface area contributed by atoms with Crippen LogP contribution in [-0.2, 0) is 20.8 Å². The number of benzene rings is 1. The molecule has 2 aromatic rings. The normalized spacial score (nSPS) is 10.3. The minimum absolute atomic E-state index is 0.611. The van der Waals surface area contributed by atoms with E-state index < -0.39 is 20.8 Å². The van der Waals surface area contributed by atoms with E-state index in [2.05, 4.69) is 52.0 Å². The second kappa shape index (κ2) is 7.02. The summed E-state index contributed by atoms with van der Waals surface area (Å²) in [6, 6.07) is 9.09. The Kier molecular flexibility index (Phi) is 6.34. The van der Waals surface area contributed by atoms with E-state index in [9.17, 15) is 0 Å². The van der Waals surface area contributed by atoms with Gasteiger partial charge in [0.05, 0.1) is 0 Å². The van der Waals surface area contributed by atoms with E-state index in [0.717, 1.165) is 0 Å². The molecule has 3 heteroatoms. The molecule has 0 radical (unpaired) electrons. The number of rotatable bonds is 1. The van der Waals surface area contributed by atoms with Crippen molar-refractivity contribution in [1.82, 2.24) is 0 Å². The Morgan fingerprint density at radius 2 is 1.76 bits per heavy atom. The summed E-state index contributed by atoms with van der Waals surface area (Å²) in [6.45, 7) is 8.87. The van der Waals surface area contributed by atoms with Gasteiger partial charge in [0.1, 0.15) is 0 Å². The quantitative estimate of drug-likeness (QED) is 0.583. The average Bonchev–Trinajstić information content (AvgIpc) is 2.61. The van der Waals surface area contributed by atoms with Crippen LogP contribution in [0.5, 0.6) is 0 Å². The van der Waals surface area contributed by atoms with Crippen molar-refractivity contribution in [3.63, 3.8) is 0 Å². The van der Waals surface area contributed by atoms with Crippen molar-refractivity contribution >= 4 is 27.8 Å². The molecule has 0 aliphatic heterocycles. The first-order valence-corrected chi connectivity index (χ1v) is 12.0. The van der Waals surface area contributed by atoms with Crippen molar-refractivity contribution in [3.05, 3.63) is 41.0 Å². The zero-order valence-electron chi connectivity index (χ0n) is 10.6. The van der Waals surface area contributed by atoms with E-state index in [1.807, 2.05) is 0 Å². The van der Waals surface area contributed by atoms with E-state index in [1.54, 1.807) is 0 Å². The molecule has 17 heavy (non-hydrogen) atoms. The van der Waals surface area contributed by atoms with Gasteiger partial charge < -0.3 is 0 Å². The molecule has 0 aliphatic rings. The molecule has 0 saturated carbocycles. The Labute approximate surface area is 122 Å². The van der Waals surface area contributed by atoms with Gasteiger partial charge in [-0.1, -0.05) is 39.3 Å². The molecule has 92 valence electrons. The van der Waals surface area contributed by atoms with Gasteiger partial charge in [-0.2, -0.15) is 6.07 Å². The molecule has 0 bridgehead atoms. The number of halogens is 2. The third kappa shape index (κ3) is 3.88. The summed E-state index contributed by atoms with van der Waals surface area (Å²) in [5.41, 5.74) is 4.23. The van der Waals surface area contributed by atoms with Crippen LogP contribution in [0.4, 0.5) is 0 Å². The van der Waals surface area contributed by atoms with Crippen molar-refractivity contribution in [1.29, 1.82) is 0 Å². The van der Waals surface area contributed by atoms with Crippen LogP contribution in [0.1, 0.15) is 36.5 Å². The Balaban J connectivity index is 0.000000437. The van der Waals surface area contributed by atoms with Crippen molar-refractivity contribution in [2.24, 2.45) is 0 Å². The van der Waals surface area contributed by atoms with E-state index in [-0.39, 0.29) is 0 Å². The third-order valence-corrected chi connectivity index (χ3v) is 2.90. The van der Waals surface area contributed by atoms with Crippen LogP contribution >= 0.6 is 17.0 Å². The van der Waals surface area contributed by atoms with Gasteiger partial charge in [0.15, 0.2) is 0 Å². The summed E-state index contributed by atoms with van der Waals surface area (Å²) in [6.07, 6.45) is 0. The topological polar surface area (TPSA) is 0 Å². The number of fused-ring (bicyclic) bond motifs is 1. The maximum atomic E-state index is 4.93. The molecule has 0 saturated heterocycles. The average molecular weight is 347 g/mol. The molecule has 0 heterocycles. The van der Waals surface area contributed by atoms with Crippen molar-refractivity contribution in [2.75, 3.05) is 0 Å². The molecule has 0 fully saturated rings. The summed E-state index contributed by atoms with van der Waals surface area (Å²) in [5, 5.41) is 2.87. The fraction of sp³-hybridized carbons (Fsp3) is 0.357. The van der Waals surface area contributed by atoms with Crippen LogP contribution in [-0.4, -0.2) is 0 Å². The standard InChI is InChI=1S/C14H17.2ClH.Zr/c1-9(2)12-6-5-11(4)13-7-10(3)8-14(12)13;;;/h5-9H,1-4H3;2*1H;/q-1;;;+2/p-2. The van der Waals surface area contributed by atoms with Gasteiger partial charge in [-0.05, 0) is 5.92 Å². The van der Waals surface area contributed by atoms with Crippen LogP contribution in [0.15, 0.2) is 24.3 Å². The van der Waals surface area contributed by atoms with Crippen LogP contribution < -0.4 is 0 Å². The SMILES string of the molecule is Cc1cc2c(C(C)C)ccc(C)c2[cH-]1.[Cl][Zr][Cl]. The second-order valence-corrected chi connectivity index (χ2v) is 8.29. The number of hydrogen-bond donors (Lipinski definition) is 0. The summed E-state index contributed by atoms with van der Waals surface area (Å²) in [5.74, 6) is 0.611. The van der Waals surface area contributed by atoms with E-state index in [4.69, 9.17) is 17.0 Å². The van der Waals surface area contributed by atoms with Crippen molar-refractivity contribution in [2.45, 2.75) is 33.6 Å². The van der Waals surface area contributed by atoms with Crippen molar-refractivity contribution < 1.29 is 20.8 Å². The summed E-state index contributed by atoms with van der Waals surface area (Å²) >= 11 is -0.826. The fourth-order valence-electron chi connectivity index (χ4n) is 2.12. The van der Waals surface area contributed by atoms with Crippen LogP contribution in [0.25, 0.3) is 10.8 Å². The minimum atomic E-state index is -0.826. The molecule has 0 unspecified atom stereocenters. The Morgan fingerprint density at radius 3 is 2.29 bits per heavy atom. The van der Waals surface area contributed by atoms with Gasteiger partial charge in [-0.25, -0.2) is 0 Å². The third-order valence-electron chi connectivity index (χ3n) is 2.90. The van der Waals surface area contributed by atoms with Gasteiger partial charge in [-0.15, -0.1) is 34.0 Å². The molecule has 0 atom stereocenters. The number of hydrogen-bond acceptors (Lipinski definition) is 0. The molecule has 0 nitrogen and oxygen atoms in total. The van der Waals surface area contributed by atoms with Gasteiger partial charge in [0.25, 0.3) is 0 Å². The maximum absolute atomic E-state index is 4.93. The summed E-state index contributed by atoms with van der Waals surface area (Å²) < 4.78 is 0. The van der Waals surface area contributed by atoms with Gasteiger partial charge in [0.2, 0.25) is 0 Å². The predicted octanol–water partition coefficient (Wildman–Crippen LogP) is 5.68. The molecule has 0 spiro atoms. The summed E-state index contributed by atoms with van der Waals surface area (Å²) in [4.78, 5) is 0. The zero-order valence-corrected chi connectivity index (χ0v) is 14.6. The molecular weight excluding hydrogens is 330 g/mol. The van der Waals surface area contributed by atoms with Gasteiger partial charge in [0, 0.05) is 0 Å². The molecule has 0 aromatic heterocycles. The first kappa shape index (κ1) is 15.4. The van der Waals surface area contributed by atoms with Crippen molar-refractivity contribution in [3.8, 4) is 0 Å². The van der Waals surface area contributed by atoms with Crippen LogP contribution in [0.3, 0.4) is 0 Å². The molecule has 0 N–H and O–H groups in total. The van der Waals surface area contributed by atoms with Gasteiger partial charge >= 0.3 is 37.9 Å². The van der Waals surface area contributed by atoms with Gasteiger partial charge in [-0.3, -0.25) is 0 Å². The Bertz CT molecular complexity index is 486. The predicted molar refractivity (Wildman–Crippen MR) is 74.8 cm³/mol. The molecular formula is C14H17Cl2Zr-. The monoisotopic (exact) mass is 345 g/mol. The van der Waals surface area contributed by atoms with E-state index in [1.165, 1.54) is 27.5 Å². The summed E-state index contributed by atoms with van der Waals surface area (Å²) in [7, 11) is 9.87. The Hall–Kier alpha value is 0.293. The van der Waals surface area contributed by atoms with Crippen LogP contribution in [0.2, 0.25) is 0 Å². The van der Waals surface area contributed by atoms with Crippen LogP contribution in [0, 0.1) is 13.8 Å². The fourth-order valence-corrected chi connectivity index (χ4v) is 2.12. The zero-order chi connectivity index (χ0) is 13.0. The first-order valence-electron chi connectivity index (χ1n) is 5.64. The van der Waals surface area contributed by atoms with E-state index in [0.29, 0.717) is 5.92 Å². The van der Waals surface area contributed by atoms with E-state index >= 15 is 0 Å². The molecule has 2 rings (SSSR count). The molecule has 0 amide bonds. The first-order chi connectivity index (χ1) is 8.01. The number of aryl methyl sites for hydroxylation is 2. The Morgan fingerprint density at radius 1 is 1.18 bits per heavy atom. The molecule has 2 aromatic carbocycles. The second-order valence-electron chi connectivity index (χ2n) is 4.56. The molecule has 0 aliphatic carbocycles.